The molecule has 33 heavy (non-hydrogen) atoms. The molecule has 6 nitrogen and oxygen atoms in total. The monoisotopic (exact) mass is 459 g/mol. The first-order valence-electron chi connectivity index (χ1n) is 10.7. The van der Waals surface area contributed by atoms with Crippen molar-refractivity contribution in [2.45, 2.75) is 24.7 Å². The fraction of sp³-hybridized carbons (Fsp3) is 0.192. The smallest absolute Gasteiger partial charge is 0.294 e. The molecule has 2 N–H and O–H groups in total. The summed E-state index contributed by atoms with van der Waals surface area (Å²) in [7, 11) is -2.22. The van der Waals surface area contributed by atoms with Crippen molar-refractivity contribution in [3.8, 4) is 11.8 Å². The Morgan fingerprint density at radius 3 is 2.52 bits per heavy atom. The lowest BCUT2D eigenvalue weighted by atomic mass is 10.0. The number of nitrogens with zero attached hydrogens (tertiary/aromatic N) is 2. The largest absolute Gasteiger partial charge is 0.385 e. The van der Waals surface area contributed by atoms with Crippen molar-refractivity contribution in [3.05, 3.63) is 89.2 Å². The number of para-hydroxylation sites is 2. The van der Waals surface area contributed by atoms with Crippen molar-refractivity contribution in [2.24, 2.45) is 7.05 Å². The first-order chi connectivity index (χ1) is 15.8. The van der Waals surface area contributed by atoms with E-state index in [9.17, 15) is 13.0 Å². The average Bonchev–Trinajstić information content (AvgIpc) is 3.12. The predicted octanol–water partition coefficient (Wildman–Crippen LogP) is 4.57. The fourth-order valence-corrected chi connectivity index (χ4v) is 4.18. The Labute approximate surface area is 194 Å². The van der Waals surface area contributed by atoms with Gasteiger partial charge in [0.25, 0.3) is 10.1 Å². The van der Waals surface area contributed by atoms with Crippen molar-refractivity contribution in [2.75, 3.05) is 11.9 Å². The molecule has 4 rings (SSSR count). The van der Waals surface area contributed by atoms with Crippen molar-refractivity contribution in [1.82, 2.24) is 9.55 Å². The average molecular weight is 460 g/mol. The molecule has 4 aromatic rings. The van der Waals surface area contributed by atoms with Gasteiger partial charge in [-0.2, -0.15) is 8.42 Å². The zero-order chi connectivity index (χ0) is 23.4. The number of aromatic nitrogens is 2. The molecule has 0 atom stereocenters. The molecule has 0 amide bonds. The normalized spacial score (nSPS) is 11.2. The molecule has 0 saturated heterocycles. The Balaban J connectivity index is 1.34. The summed E-state index contributed by atoms with van der Waals surface area (Å²) in [5.41, 5.74) is 5.81. The third-order valence-electron chi connectivity index (χ3n) is 5.56. The highest BCUT2D eigenvalue weighted by atomic mass is 32.2. The molecule has 0 fully saturated rings. The van der Waals surface area contributed by atoms with Gasteiger partial charge >= 0.3 is 0 Å². The van der Waals surface area contributed by atoms with E-state index in [0.29, 0.717) is 6.42 Å². The summed E-state index contributed by atoms with van der Waals surface area (Å²) in [6, 6.07) is 20.6. The van der Waals surface area contributed by atoms with Gasteiger partial charge in [-0.05, 0) is 85.3 Å². The molecule has 1 aromatic heterocycles. The van der Waals surface area contributed by atoms with Crippen LogP contribution in [0.3, 0.4) is 0 Å². The highest BCUT2D eigenvalue weighted by Crippen LogP contribution is 2.18. The second-order valence-electron chi connectivity index (χ2n) is 7.90. The summed E-state index contributed by atoms with van der Waals surface area (Å²) in [5, 5.41) is 3.37. The van der Waals surface area contributed by atoms with E-state index in [4.69, 9.17) is 0 Å². The Morgan fingerprint density at radius 2 is 1.79 bits per heavy atom. The van der Waals surface area contributed by atoms with Gasteiger partial charge in [0.05, 0.1) is 15.9 Å². The SMILES string of the molecule is Cc1ccc(S(=O)(=O)O)cc1CCCNc1ccc(C#Cc2nc3ccccc3n2C)cc1. The van der Waals surface area contributed by atoms with Gasteiger partial charge in [-0.25, -0.2) is 4.98 Å². The Hall–Kier alpha value is -3.60. The minimum absolute atomic E-state index is 0.0635. The van der Waals surface area contributed by atoms with Crippen molar-refractivity contribution >= 4 is 26.8 Å². The van der Waals surface area contributed by atoms with Crippen LogP contribution in [0.15, 0.2) is 71.6 Å². The first kappa shape index (κ1) is 22.6. The van der Waals surface area contributed by atoms with Gasteiger partial charge in [-0.15, -0.1) is 0 Å². The molecule has 1 heterocycles. The van der Waals surface area contributed by atoms with Crippen molar-refractivity contribution < 1.29 is 13.0 Å². The highest BCUT2D eigenvalue weighted by Gasteiger charge is 2.11. The number of fused-ring (bicyclic) bond motifs is 1. The summed E-state index contributed by atoms with van der Waals surface area (Å²) < 4.78 is 33.9. The number of aryl methyl sites for hydroxylation is 3. The van der Waals surface area contributed by atoms with Crippen LogP contribution in [0.2, 0.25) is 0 Å². The van der Waals surface area contributed by atoms with Crippen LogP contribution >= 0.6 is 0 Å². The molecule has 0 aliphatic heterocycles. The Kier molecular flexibility index (Phi) is 6.50. The third kappa shape index (κ3) is 5.43. The third-order valence-corrected chi connectivity index (χ3v) is 6.41. The Bertz CT molecular complexity index is 1460. The lowest BCUT2D eigenvalue weighted by Gasteiger charge is -2.09. The second-order valence-corrected chi connectivity index (χ2v) is 9.33. The summed E-state index contributed by atoms with van der Waals surface area (Å²) in [6.45, 7) is 2.67. The predicted molar refractivity (Wildman–Crippen MR) is 131 cm³/mol. The standard InChI is InChI=1S/C26H25N3O3S/c1-19-9-15-23(33(30,31)32)18-21(19)6-5-17-27-22-13-10-20(11-14-22)12-16-26-28-24-7-3-4-8-25(24)29(26)2/h3-4,7-11,13-15,18,27H,5-6,17H2,1-2H3,(H,30,31,32). The van der Waals surface area contributed by atoms with E-state index in [2.05, 4.69) is 22.1 Å². The zero-order valence-corrected chi connectivity index (χ0v) is 19.4. The fourth-order valence-electron chi connectivity index (χ4n) is 3.65. The minimum Gasteiger partial charge on any atom is -0.385 e. The van der Waals surface area contributed by atoms with Crippen molar-refractivity contribution in [1.29, 1.82) is 0 Å². The number of rotatable bonds is 6. The maximum atomic E-state index is 11.4. The summed E-state index contributed by atoms with van der Waals surface area (Å²) in [4.78, 5) is 4.51. The van der Waals surface area contributed by atoms with E-state index >= 15 is 0 Å². The lowest BCUT2D eigenvalue weighted by Crippen LogP contribution is -2.05. The van der Waals surface area contributed by atoms with Gasteiger partial charge in [0.1, 0.15) is 0 Å². The highest BCUT2D eigenvalue weighted by molar-refractivity contribution is 7.85. The maximum Gasteiger partial charge on any atom is 0.294 e. The van der Waals surface area contributed by atoms with Crippen LogP contribution in [0.1, 0.15) is 28.9 Å². The van der Waals surface area contributed by atoms with E-state index in [1.54, 1.807) is 12.1 Å². The molecule has 0 saturated carbocycles. The van der Waals surface area contributed by atoms with E-state index in [-0.39, 0.29) is 4.90 Å². The molecule has 0 radical (unpaired) electrons. The molecule has 168 valence electrons. The molecular weight excluding hydrogens is 434 g/mol. The Morgan fingerprint density at radius 1 is 1.03 bits per heavy atom. The van der Waals surface area contributed by atoms with Crippen LogP contribution in [0.4, 0.5) is 5.69 Å². The van der Waals surface area contributed by atoms with Gasteiger partial charge in [0.15, 0.2) is 5.82 Å². The van der Waals surface area contributed by atoms with Gasteiger partial charge in [0.2, 0.25) is 0 Å². The summed E-state index contributed by atoms with van der Waals surface area (Å²) >= 11 is 0. The van der Waals surface area contributed by atoms with Crippen LogP contribution in [0.5, 0.6) is 0 Å². The molecular formula is C26H25N3O3S. The van der Waals surface area contributed by atoms with Gasteiger partial charge in [-0.1, -0.05) is 24.1 Å². The molecule has 0 aliphatic rings. The van der Waals surface area contributed by atoms with E-state index < -0.39 is 10.1 Å². The topological polar surface area (TPSA) is 84.2 Å². The first-order valence-corrected chi connectivity index (χ1v) is 12.1. The molecule has 0 bridgehead atoms. The number of benzene rings is 3. The van der Waals surface area contributed by atoms with Crippen LogP contribution < -0.4 is 5.32 Å². The molecule has 3 aromatic carbocycles. The van der Waals surface area contributed by atoms with E-state index in [1.165, 1.54) is 6.07 Å². The van der Waals surface area contributed by atoms with Gasteiger partial charge in [0, 0.05) is 24.8 Å². The van der Waals surface area contributed by atoms with E-state index in [0.717, 1.165) is 52.2 Å². The maximum absolute atomic E-state index is 11.4. The van der Waals surface area contributed by atoms with Crippen LogP contribution in [0.25, 0.3) is 11.0 Å². The number of nitrogens with one attached hydrogen (secondary N) is 1. The van der Waals surface area contributed by atoms with Crippen LogP contribution in [0, 0.1) is 18.8 Å². The molecule has 0 aliphatic carbocycles. The van der Waals surface area contributed by atoms with Gasteiger partial charge < -0.3 is 9.88 Å². The minimum atomic E-state index is -4.18. The summed E-state index contributed by atoms with van der Waals surface area (Å²) in [5.74, 6) is 7.05. The number of hydrogen-bond acceptors (Lipinski definition) is 4. The zero-order valence-electron chi connectivity index (χ0n) is 18.5. The van der Waals surface area contributed by atoms with Crippen LogP contribution in [-0.4, -0.2) is 29.1 Å². The van der Waals surface area contributed by atoms with Crippen molar-refractivity contribution in [3.63, 3.8) is 0 Å². The van der Waals surface area contributed by atoms with E-state index in [1.807, 2.05) is 67.1 Å². The second kappa shape index (κ2) is 9.49. The van der Waals surface area contributed by atoms with Gasteiger partial charge in [-0.3, -0.25) is 4.55 Å². The molecule has 7 heteroatoms. The quantitative estimate of drug-likeness (QED) is 0.251. The number of hydrogen-bond donors (Lipinski definition) is 2. The number of anilines is 1. The summed E-state index contributed by atoms with van der Waals surface area (Å²) in [6.07, 6.45) is 1.54. The van der Waals surface area contributed by atoms with Crippen LogP contribution in [-0.2, 0) is 23.6 Å². The molecule has 0 spiro atoms. The molecule has 0 unspecified atom stereocenters. The number of imidazole rings is 1. The lowest BCUT2D eigenvalue weighted by molar-refractivity contribution is 0.483.